The van der Waals surface area contributed by atoms with Crippen molar-refractivity contribution in [3.63, 3.8) is 0 Å². The van der Waals surface area contributed by atoms with Gasteiger partial charge in [-0.1, -0.05) is 39.8 Å². The van der Waals surface area contributed by atoms with E-state index in [1.54, 1.807) is 42.1 Å². The number of thioether (sulfide) groups is 1. The van der Waals surface area contributed by atoms with E-state index in [4.69, 9.17) is 0 Å². The first kappa shape index (κ1) is 21.0. The van der Waals surface area contributed by atoms with Crippen LogP contribution < -0.4 is 5.43 Å². The first-order valence-corrected chi connectivity index (χ1v) is 10.5. The van der Waals surface area contributed by atoms with E-state index in [9.17, 15) is 9.90 Å². The molecule has 1 heterocycles. The number of aromatic hydroxyl groups is 1. The topological polar surface area (TPSA) is 87.5 Å². The molecule has 0 atom stereocenters. The van der Waals surface area contributed by atoms with Gasteiger partial charge in [-0.05, 0) is 55.8 Å². The zero-order valence-electron chi connectivity index (χ0n) is 15.9. The summed E-state index contributed by atoms with van der Waals surface area (Å²) in [6.45, 7) is 3.90. The fraction of sp³-hybridized carbons (Fsp3) is 0.143. The lowest BCUT2D eigenvalue weighted by Crippen LogP contribution is -2.17. The van der Waals surface area contributed by atoms with Crippen molar-refractivity contribution < 1.29 is 9.90 Å². The molecule has 8 heteroatoms. The SMILES string of the molecule is Cc1cc(C)nc(SCc2ccc(C(=O)N/N=C/c3cc(Br)ccc3O)cc2)n1. The first-order chi connectivity index (χ1) is 13.9. The van der Waals surface area contributed by atoms with E-state index in [-0.39, 0.29) is 11.7 Å². The van der Waals surface area contributed by atoms with Gasteiger partial charge in [0.05, 0.1) is 6.21 Å². The minimum absolute atomic E-state index is 0.0841. The number of phenols is 1. The van der Waals surface area contributed by atoms with E-state index >= 15 is 0 Å². The Bertz CT molecular complexity index is 1030. The van der Waals surface area contributed by atoms with Gasteiger partial charge in [0.15, 0.2) is 5.16 Å². The number of rotatable bonds is 6. The van der Waals surface area contributed by atoms with Crippen molar-refractivity contribution in [3.8, 4) is 5.75 Å². The molecule has 0 aliphatic rings. The van der Waals surface area contributed by atoms with Crippen LogP contribution in [0.2, 0.25) is 0 Å². The van der Waals surface area contributed by atoms with E-state index in [0.29, 0.717) is 16.9 Å². The van der Waals surface area contributed by atoms with Gasteiger partial charge in [-0.25, -0.2) is 15.4 Å². The molecule has 0 aliphatic carbocycles. The van der Waals surface area contributed by atoms with Crippen LogP contribution in [0.15, 0.2) is 63.3 Å². The predicted molar refractivity (Wildman–Crippen MR) is 118 cm³/mol. The van der Waals surface area contributed by atoms with Gasteiger partial charge in [0, 0.05) is 32.7 Å². The Morgan fingerprint density at radius 1 is 1.14 bits per heavy atom. The molecule has 3 rings (SSSR count). The van der Waals surface area contributed by atoms with Crippen molar-refractivity contribution in [2.45, 2.75) is 24.8 Å². The molecule has 1 amide bonds. The maximum Gasteiger partial charge on any atom is 0.271 e. The number of amides is 1. The summed E-state index contributed by atoms with van der Waals surface area (Å²) in [4.78, 5) is 21.1. The van der Waals surface area contributed by atoms with Crippen molar-refractivity contribution in [2.24, 2.45) is 5.10 Å². The van der Waals surface area contributed by atoms with Crippen LogP contribution in [0.1, 0.15) is 32.9 Å². The number of halogens is 1. The average molecular weight is 471 g/mol. The Balaban J connectivity index is 1.57. The normalized spacial score (nSPS) is 11.0. The van der Waals surface area contributed by atoms with Gasteiger partial charge in [0.2, 0.25) is 0 Å². The van der Waals surface area contributed by atoms with Crippen molar-refractivity contribution in [2.75, 3.05) is 0 Å². The lowest BCUT2D eigenvalue weighted by Gasteiger charge is -2.05. The summed E-state index contributed by atoms with van der Waals surface area (Å²) in [5.74, 6) is 0.471. The van der Waals surface area contributed by atoms with Gasteiger partial charge in [-0.3, -0.25) is 4.79 Å². The van der Waals surface area contributed by atoms with E-state index in [1.165, 1.54) is 6.21 Å². The van der Waals surface area contributed by atoms with Gasteiger partial charge in [-0.15, -0.1) is 0 Å². The molecule has 29 heavy (non-hydrogen) atoms. The number of hydrogen-bond acceptors (Lipinski definition) is 6. The van der Waals surface area contributed by atoms with Crippen molar-refractivity contribution >= 4 is 39.8 Å². The monoisotopic (exact) mass is 470 g/mol. The molecule has 0 radical (unpaired) electrons. The lowest BCUT2D eigenvalue weighted by molar-refractivity contribution is 0.0955. The molecule has 0 saturated carbocycles. The zero-order valence-corrected chi connectivity index (χ0v) is 18.3. The number of benzene rings is 2. The van der Waals surface area contributed by atoms with Crippen LogP contribution in [0.25, 0.3) is 0 Å². The molecular formula is C21H19BrN4O2S. The highest BCUT2D eigenvalue weighted by Crippen LogP contribution is 2.21. The average Bonchev–Trinajstić information content (AvgIpc) is 2.68. The summed E-state index contributed by atoms with van der Waals surface area (Å²) < 4.78 is 0.808. The quantitative estimate of drug-likeness (QED) is 0.237. The van der Waals surface area contributed by atoms with Gasteiger partial charge in [-0.2, -0.15) is 5.10 Å². The smallest absolute Gasteiger partial charge is 0.271 e. The van der Waals surface area contributed by atoms with Crippen LogP contribution in [0.5, 0.6) is 5.75 Å². The number of nitrogens with zero attached hydrogens (tertiary/aromatic N) is 3. The lowest BCUT2D eigenvalue weighted by atomic mass is 10.1. The molecule has 1 aromatic heterocycles. The Morgan fingerprint density at radius 2 is 1.83 bits per heavy atom. The van der Waals surface area contributed by atoms with Crippen LogP contribution in [-0.4, -0.2) is 27.2 Å². The standard InChI is InChI=1S/C21H19BrN4O2S/c1-13-9-14(2)25-21(24-13)29-12-15-3-5-16(6-4-15)20(28)26-23-11-17-10-18(22)7-8-19(17)27/h3-11,27H,12H2,1-2H3,(H,26,28)/b23-11+. The third-order valence-electron chi connectivity index (χ3n) is 3.91. The van der Waals surface area contributed by atoms with Gasteiger partial charge in [0.25, 0.3) is 5.91 Å². The molecule has 0 aliphatic heterocycles. The number of hydrogen-bond donors (Lipinski definition) is 2. The van der Waals surface area contributed by atoms with Crippen LogP contribution in [0.3, 0.4) is 0 Å². The van der Waals surface area contributed by atoms with Gasteiger partial charge >= 0.3 is 0 Å². The molecule has 0 bridgehead atoms. The molecule has 0 unspecified atom stereocenters. The maximum absolute atomic E-state index is 12.2. The number of phenolic OH excluding ortho intramolecular Hbond substituents is 1. The second kappa shape index (κ2) is 9.67. The maximum atomic E-state index is 12.2. The van der Waals surface area contributed by atoms with Crippen LogP contribution in [0.4, 0.5) is 0 Å². The largest absolute Gasteiger partial charge is 0.507 e. The molecule has 0 saturated heterocycles. The summed E-state index contributed by atoms with van der Waals surface area (Å²) in [6.07, 6.45) is 1.40. The first-order valence-electron chi connectivity index (χ1n) is 8.76. The molecule has 2 N–H and O–H groups in total. The number of aromatic nitrogens is 2. The number of carbonyl (C=O) groups is 1. The fourth-order valence-electron chi connectivity index (χ4n) is 2.51. The van der Waals surface area contributed by atoms with Crippen molar-refractivity contribution in [1.29, 1.82) is 0 Å². The van der Waals surface area contributed by atoms with Crippen molar-refractivity contribution in [1.82, 2.24) is 15.4 Å². The van der Waals surface area contributed by atoms with Crippen LogP contribution in [-0.2, 0) is 5.75 Å². The molecule has 148 valence electrons. The van der Waals surface area contributed by atoms with Gasteiger partial charge < -0.3 is 5.11 Å². The number of hydrazone groups is 1. The highest BCUT2D eigenvalue weighted by atomic mass is 79.9. The Kier molecular flexibility index (Phi) is 7.00. The Labute approximate surface area is 181 Å². The molecule has 2 aromatic carbocycles. The number of carbonyl (C=O) groups excluding carboxylic acids is 1. The third-order valence-corrected chi connectivity index (χ3v) is 5.32. The molecule has 3 aromatic rings. The van der Waals surface area contributed by atoms with E-state index in [2.05, 4.69) is 36.4 Å². The molecular weight excluding hydrogens is 452 g/mol. The molecule has 0 spiro atoms. The Morgan fingerprint density at radius 3 is 2.52 bits per heavy atom. The fourth-order valence-corrected chi connectivity index (χ4v) is 3.80. The Hall–Kier alpha value is -2.71. The molecule has 6 nitrogen and oxygen atoms in total. The minimum atomic E-state index is -0.326. The number of nitrogens with one attached hydrogen (secondary N) is 1. The zero-order chi connectivity index (χ0) is 20.8. The summed E-state index contributed by atoms with van der Waals surface area (Å²) in [7, 11) is 0. The van der Waals surface area contributed by atoms with E-state index in [0.717, 1.165) is 26.6 Å². The van der Waals surface area contributed by atoms with Crippen molar-refractivity contribution in [3.05, 3.63) is 81.1 Å². The van der Waals surface area contributed by atoms with E-state index < -0.39 is 0 Å². The molecule has 0 fully saturated rings. The summed E-state index contributed by atoms with van der Waals surface area (Å²) in [5, 5.41) is 14.4. The highest BCUT2D eigenvalue weighted by molar-refractivity contribution is 9.10. The second-order valence-electron chi connectivity index (χ2n) is 6.32. The van der Waals surface area contributed by atoms with E-state index in [1.807, 2.05) is 32.0 Å². The minimum Gasteiger partial charge on any atom is -0.507 e. The number of aryl methyl sites for hydroxylation is 2. The van der Waals surface area contributed by atoms with Crippen LogP contribution in [0, 0.1) is 13.8 Å². The predicted octanol–water partition coefficient (Wildman–Crippen LogP) is 4.62. The second-order valence-corrected chi connectivity index (χ2v) is 8.18. The third kappa shape index (κ3) is 6.13. The summed E-state index contributed by atoms with van der Waals surface area (Å²) in [5.41, 5.74) is 6.42. The summed E-state index contributed by atoms with van der Waals surface area (Å²) in [6, 6.07) is 14.2. The van der Waals surface area contributed by atoms with Gasteiger partial charge in [0.1, 0.15) is 5.75 Å². The highest BCUT2D eigenvalue weighted by Gasteiger charge is 2.06. The summed E-state index contributed by atoms with van der Waals surface area (Å²) >= 11 is 4.88. The van der Waals surface area contributed by atoms with Crippen LogP contribution >= 0.6 is 27.7 Å².